The van der Waals surface area contributed by atoms with E-state index in [1.165, 1.54) is 38.9 Å². The molecule has 0 N–H and O–H groups in total. The molecule has 1 rings (SSSR count). The molecular formula is C11H25N. The predicted molar refractivity (Wildman–Crippen MR) is 56.5 cm³/mol. The first kappa shape index (κ1) is 12.0. The zero-order valence-electron chi connectivity index (χ0n) is 8.19. The van der Waals surface area contributed by atoms with Crippen molar-refractivity contribution in [3.63, 3.8) is 0 Å². The van der Waals surface area contributed by atoms with Crippen molar-refractivity contribution in [3.05, 3.63) is 0 Å². The standard InChI is InChI=1S/C10H21N.CH4/c1-10(2,3)6-9-11-7-4-5-8-11;/h4-9H2,1-3H3;1H4. The van der Waals surface area contributed by atoms with Crippen molar-refractivity contribution in [1.82, 2.24) is 4.90 Å². The maximum Gasteiger partial charge on any atom is -0.00138 e. The molecular weight excluding hydrogens is 146 g/mol. The molecule has 1 heteroatoms. The molecule has 1 saturated heterocycles. The quantitative estimate of drug-likeness (QED) is 0.617. The van der Waals surface area contributed by atoms with Gasteiger partial charge in [-0.25, -0.2) is 0 Å². The van der Waals surface area contributed by atoms with Crippen LogP contribution in [-0.2, 0) is 0 Å². The molecule has 0 unspecified atom stereocenters. The minimum atomic E-state index is 0. The molecule has 0 amide bonds. The molecule has 74 valence electrons. The van der Waals surface area contributed by atoms with E-state index in [0.29, 0.717) is 5.41 Å². The maximum absolute atomic E-state index is 2.59. The van der Waals surface area contributed by atoms with Crippen LogP contribution in [0.15, 0.2) is 0 Å². The molecule has 1 fully saturated rings. The minimum absolute atomic E-state index is 0. The summed E-state index contributed by atoms with van der Waals surface area (Å²) in [6, 6.07) is 0. The van der Waals surface area contributed by atoms with E-state index < -0.39 is 0 Å². The third kappa shape index (κ3) is 4.76. The van der Waals surface area contributed by atoms with Crippen LogP contribution in [0.25, 0.3) is 0 Å². The van der Waals surface area contributed by atoms with Crippen LogP contribution in [0, 0.1) is 5.41 Å². The lowest BCUT2D eigenvalue weighted by atomic mass is 9.92. The van der Waals surface area contributed by atoms with Gasteiger partial charge in [0.2, 0.25) is 0 Å². The fourth-order valence-electron chi connectivity index (χ4n) is 1.50. The third-order valence-corrected chi connectivity index (χ3v) is 2.38. The summed E-state index contributed by atoms with van der Waals surface area (Å²) in [4.78, 5) is 2.59. The molecule has 0 aromatic heterocycles. The third-order valence-electron chi connectivity index (χ3n) is 2.38. The van der Waals surface area contributed by atoms with Crippen LogP contribution in [0.4, 0.5) is 0 Å². The average molecular weight is 171 g/mol. The van der Waals surface area contributed by atoms with Crippen LogP contribution in [0.1, 0.15) is 47.5 Å². The Hall–Kier alpha value is -0.0400. The van der Waals surface area contributed by atoms with Crippen LogP contribution >= 0.6 is 0 Å². The monoisotopic (exact) mass is 171 g/mol. The van der Waals surface area contributed by atoms with Gasteiger partial charge in [-0.3, -0.25) is 0 Å². The zero-order valence-corrected chi connectivity index (χ0v) is 8.19. The van der Waals surface area contributed by atoms with Crippen LogP contribution in [0.5, 0.6) is 0 Å². The Kier molecular flexibility index (Phi) is 4.84. The normalized spacial score (nSPS) is 19.2. The van der Waals surface area contributed by atoms with E-state index in [0.717, 1.165) is 0 Å². The van der Waals surface area contributed by atoms with Gasteiger partial charge in [0, 0.05) is 0 Å². The van der Waals surface area contributed by atoms with Crippen molar-refractivity contribution in [2.75, 3.05) is 19.6 Å². The first-order valence-corrected chi connectivity index (χ1v) is 4.80. The Balaban J connectivity index is 0.00000121. The van der Waals surface area contributed by atoms with Gasteiger partial charge < -0.3 is 4.90 Å². The summed E-state index contributed by atoms with van der Waals surface area (Å²) in [5, 5.41) is 0. The topological polar surface area (TPSA) is 3.24 Å². The SMILES string of the molecule is C.CC(C)(C)CCN1CCCC1. The van der Waals surface area contributed by atoms with Gasteiger partial charge in [0.05, 0.1) is 0 Å². The fourth-order valence-corrected chi connectivity index (χ4v) is 1.50. The van der Waals surface area contributed by atoms with Gasteiger partial charge in [0.1, 0.15) is 0 Å². The predicted octanol–water partition coefficient (Wildman–Crippen LogP) is 3.15. The molecule has 0 saturated carbocycles. The minimum Gasteiger partial charge on any atom is -0.303 e. The fraction of sp³-hybridized carbons (Fsp3) is 1.00. The van der Waals surface area contributed by atoms with Gasteiger partial charge in [-0.1, -0.05) is 28.2 Å². The first-order chi connectivity index (χ1) is 5.08. The summed E-state index contributed by atoms with van der Waals surface area (Å²) >= 11 is 0. The summed E-state index contributed by atoms with van der Waals surface area (Å²) in [5.74, 6) is 0. The molecule has 0 aromatic rings. The van der Waals surface area contributed by atoms with Crippen LogP contribution in [-0.4, -0.2) is 24.5 Å². The second kappa shape index (κ2) is 4.86. The molecule has 0 aliphatic carbocycles. The summed E-state index contributed by atoms with van der Waals surface area (Å²) in [5.41, 5.74) is 0.516. The lowest BCUT2D eigenvalue weighted by molar-refractivity contribution is 0.265. The van der Waals surface area contributed by atoms with Crippen molar-refractivity contribution in [3.8, 4) is 0 Å². The smallest absolute Gasteiger partial charge is 0.00138 e. The lowest BCUT2D eigenvalue weighted by Gasteiger charge is -2.22. The van der Waals surface area contributed by atoms with Gasteiger partial charge in [-0.2, -0.15) is 0 Å². The highest BCUT2D eigenvalue weighted by atomic mass is 15.1. The van der Waals surface area contributed by atoms with Gasteiger partial charge in [-0.05, 0) is 44.3 Å². The molecule has 0 bridgehead atoms. The van der Waals surface area contributed by atoms with E-state index in [4.69, 9.17) is 0 Å². The van der Waals surface area contributed by atoms with Crippen molar-refractivity contribution in [2.45, 2.75) is 47.5 Å². The van der Waals surface area contributed by atoms with E-state index in [2.05, 4.69) is 25.7 Å². The molecule has 0 spiro atoms. The highest BCUT2D eigenvalue weighted by molar-refractivity contribution is 4.70. The van der Waals surface area contributed by atoms with Crippen LogP contribution in [0.3, 0.4) is 0 Å². The Morgan fingerprint density at radius 3 is 2.00 bits per heavy atom. The number of rotatable bonds is 2. The molecule has 1 aliphatic rings. The second-order valence-corrected chi connectivity index (χ2v) is 4.86. The molecule has 0 atom stereocenters. The van der Waals surface area contributed by atoms with E-state index in [1.54, 1.807) is 0 Å². The lowest BCUT2D eigenvalue weighted by Crippen LogP contribution is -2.24. The second-order valence-electron chi connectivity index (χ2n) is 4.86. The molecule has 1 aliphatic heterocycles. The number of nitrogens with zero attached hydrogens (tertiary/aromatic N) is 1. The molecule has 12 heavy (non-hydrogen) atoms. The summed E-state index contributed by atoms with van der Waals surface area (Å²) in [6.45, 7) is 11.0. The van der Waals surface area contributed by atoms with Gasteiger partial charge >= 0.3 is 0 Å². The van der Waals surface area contributed by atoms with Crippen molar-refractivity contribution in [1.29, 1.82) is 0 Å². The van der Waals surface area contributed by atoms with Crippen LogP contribution < -0.4 is 0 Å². The van der Waals surface area contributed by atoms with Gasteiger partial charge in [0.25, 0.3) is 0 Å². The number of likely N-dealkylation sites (tertiary alicyclic amines) is 1. The van der Waals surface area contributed by atoms with E-state index in [1.807, 2.05) is 0 Å². The average Bonchev–Trinajstić information content (AvgIpc) is 2.32. The van der Waals surface area contributed by atoms with Crippen molar-refractivity contribution in [2.24, 2.45) is 5.41 Å². The molecule has 0 radical (unpaired) electrons. The largest absolute Gasteiger partial charge is 0.303 e. The molecule has 1 heterocycles. The van der Waals surface area contributed by atoms with Gasteiger partial charge in [-0.15, -0.1) is 0 Å². The van der Waals surface area contributed by atoms with Gasteiger partial charge in [0.15, 0.2) is 0 Å². The number of hydrogen-bond acceptors (Lipinski definition) is 1. The van der Waals surface area contributed by atoms with Crippen molar-refractivity contribution >= 4 is 0 Å². The zero-order chi connectivity index (χ0) is 8.32. The molecule has 0 aromatic carbocycles. The van der Waals surface area contributed by atoms with E-state index >= 15 is 0 Å². The molecule has 1 nitrogen and oxygen atoms in total. The Morgan fingerprint density at radius 2 is 1.58 bits per heavy atom. The first-order valence-electron chi connectivity index (χ1n) is 4.80. The Bertz CT molecular complexity index is 107. The summed E-state index contributed by atoms with van der Waals surface area (Å²) < 4.78 is 0. The summed E-state index contributed by atoms with van der Waals surface area (Å²) in [6.07, 6.45) is 4.18. The van der Waals surface area contributed by atoms with Crippen LogP contribution in [0.2, 0.25) is 0 Å². The maximum atomic E-state index is 2.59. The number of hydrogen-bond donors (Lipinski definition) is 0. The van der Waals surface area contributed by atoms with Crippen molar-refractivity contribution < 1.29 is 0 Å². The summed E-state index contributed by atoms with van der Waals surface area (Å²) in [7, 11) is 0. The van der Waals surface area contributed by atoms with E-state index in [9.17, 15) is 0 Å². The highest BCUT2D eigenvalue weighted by Gasteiger charge is 2.15. The Morgan fingerprint density at radius 1 is 1.08 bits per heavy atom. The Labute approximate surface area is 78.1 Å². The highest BCUT2D eigenvalue weighted by Crippen LogP contribution is 2.20. The van der Waals surface area contributed by atoms with E-state index in [-0.39, 0.29) is 7.43 Å².